The largest absolute Gasteiger partial charge is 1.00 e. The summed E-state index contributed by atoms with van der Waals surface area (Å²) in [6, 6.07) is 0. The molecule has 4 aliphatic rings. The second-order valence-electron chi connectivity index (χ2n) is 7.97. The van der Waals surface area contributed by atoms with E-state index in [2.05, 4.69) is 49.6 Å². The molecule has 131 valence electrons. The van der Waals surface area contributed by atoms with Crippen molar-refractivity contribution in [2.45, 2.75) is 58.9 Å². The summed E-state index contributed by atoms with van der Waals surface area (Å²) in [5, 5.41) is 0. The van der Waals surface area contributed by atoms with Crippen LogP contribution in [0.3, 0.4) is 0 Å². The van der Waals surface area contributed by atoms with Crippen LogP contribution < -0.4 is 48.0 Å². The van der Waals surface area contributed by atoms with E-state index in [1.165, 1.54) is 25.7 Å². The summed E-state index contributed by atoms with van der Waals surface area (Å²) in [5.41, 5.74) is 3.85. The van der Waals surface area contributed by atoms with Crippen LogP contribution in [-0.2, 0) is 20.9 Å². The molecule has 0 bridgehead atoms. The normalized spacial score (nSPS) is 33.1. The zero-order chi connectivity index (χ0) is 15.1. The van der Waals surface area contributed by atoms with Crippen LogP contribution in [0.15, 0.2) is 47.6 Å². The number of rotatable bonds is 3. The van der Waals surface area contributed by atoms with Gasteiger partial charge in [-0.15, -0.1) is 0 Å². The van der Waals surface area contributed by atoms with Crippen LogP contribution in [0.25, 0.3) is 0 Å². The van der Waals surface area contributed by atoms with E-state index < -0.39 is 26.8 Å². The van der Waals surface area contributed by atoms with Crippen molar-refractivity contribution < 1.29 is 68.9 Å². The van der Waals surface area contributed by atoms with E-state index in [1.807, 2.05) is 11.1 Å². The molecule has 4 unspecified atom stereocenters. The molecule has 0 saturated heterocycles. The molecule has 0 heterocycles. The standard InChI is InChI=1S/2C9H11.C2H7Si.2HI.Zr/c2*1-2-5-9-7-3-6-8(9)4-1;1-3-2;;;/h2*1-2,4,6,9H,3,5,7H2;3H,1-2H3;2*1H;/q;;;;;+2/p-2. The summed E-state index contributed by atoms with van der Waals surface area (Å²) in [7, 11) is 0. The number of hydrogen-bond donors (Lipinski definition) is 0. The molecule has 24 heavy (non-hydrogen) atoms. The first kappa shape index (κ1) is 21.8. The Labute approximate surface area is 191 Å². The summed E-state index contributed by atoms with van der Waals surface area (Å²) in [5.74, 6) is 1.42. The smallest absolute Gasteiger partial charge is 1.00 e. The topological polar surface area (TPSA) is 0 Å². The predicted octanol–water partition coefficient (Wildman–Crippen LogP) is -0.234. The summed E-state index contributed by atoms with van der Waals surface area (Å²) in [6.45, 7) is 5.40. The maximum atomic E-state index is 2.70. The van der Waals surface area contributed by atoms with Gasteiger partial charge in [0.2, 0.25) is 0 Å². The fourth-order valence-corrected chi connectivity index (χ4v) is 30.5. The fourth-order valence-electron chi connectivity index (χ4n) is 5.59. The maximum absolute atomic E-state index is 2.70. The minimum Gasteiger partial charge on any atom is -1.00 e. The van der Waals surface area contributed by atoms with Gasteiger partial charge in [0, 0.05) is 0 Å². The molecule has 0 aromatic heterocycles. The van der Waals surface area contributed by atoms with Crippen LogP contribution in [0, 0.1) is 11.8 Å². The van der Waals surface area contributed by atoms with Gasteiger partial charge in [-0.05, 0) is 0 Å². The van der Waals surface area contributed by atoms with Crippen LogP contribution in [0.5, 0.6) is 0 Å². The van der Waals surface area contributed by atoms with Crippen molar-refractivity contribution in [3.05, 3.63) is 47.6 Å². The van der Waals surface area contributed by atoms with Gasteiger partial charge in [0.25, 0.3) is 0 Å². The summed E-state index contributed by atoms with van der Waals surface area (Å²) >= 11 is -1.36. The summed E-state index contributed by atoms with van der Waals surface area (Å²) in [6.07, 6.45) is 23.5. The molecule has 0 N–H and O–H groups in total. The first-order valence-corrected chi connectivity index (χ1v) is 19.3. The van der Waals surface area contributed by atoms with Crippen LogP contribution in [0.4, 0.5) is 0 Å². The van der Waals surface area contributed by atoms with E-state index >= 15 is 0 Å². The Kier molecular flexibility index (Phi) is 8.76. The van der Waals surface area contributed by atoms with Crippen molar-refractivity contribution >= 4 is 5.92 Å². The van der Waals surface area contributed by atoms with Gasteiger partial charge < -0.3 is 48.0 Å². The second-order valence-corrected chi connectivity index (χ2v) is 28.6. The van der Waals surface area contributed by atoms with E-state index in [0.29, 0.717) is 0 Å². The van der Waals surface area contributed by atoms with E-state index in [0.717, 1.165) is 19.1 Å². The Morgan fingerprint density at radius 2 is 1.25 bits per heavy atom. The molecule has 0 nitrogen and oxygen atoms in total. The SMILES string of the molecule is C[SiH](C)[Zr+2]([CH]1CCC2CC=CC=C21)[CH]1CCC2CC=CC=C21.[I-].[I-]. The van der Waals surface area contributed by atoms with E-state index in [4.69, 9.17) is 0 Å². The number of hydrogen-bond acceptors (Lipinski definition) is 0. The molecule has 4 heteroatoms. The molecule has 4 atom stereocenters. The van der Waals surface area contributed by atoms with Gasteiger partial charge in [0.05, 0.1) is 0 Å². The van der Waals surface area contributed by atoms with Crippen molar-refractivity contribution in [3.8, 4) is 0 Å². The molecule has 0 spiro atoms. The Morgan fingerprint density at radius 3 is 1.67 bits per heavy atom. The quantitative estimate of drug-likeness (QED) is 0.295. The van der Waals surface area contributed by atoms with Gasteiger partial charge in [-0.2, -0.15) is 0 Å². The minimum atomic E-state index is -1.36. The first-order chi connectivity index (χ1) is 10.8. The number of allylic oxidation sites excluding steroid dienone is 8. The minimum absolute atomic E-state index is 0. The average molecular weight is 643 g/mol. The van der Waals surface area contributed by atoms with Gasteiger partial charge >= 0.3 is 145 Å². The molecule has 0 aliphatic heterocycles. The van der Waals surface area contributed by atoms with Crippen LogP contribution in [0.1, 0.15) is 38.5 Å². The van der Waals surface area contributed by atoms with Crippen molar-refractivity contribution in [2.24, 2.45) is 11.8 Å². The van der Waals surface area contributed by atoms with Crippen LogP contribution in [-0.4, -0.2) is 5.92 Å². The Bertz CT molecular complexity index is 518. The fraction of sp³-hybridized carbons (Fsp3) is 0.600. The molecule has 2 saturated carbocycles. The van der Waals surface area contributed by atoms with Gasteiger partial charge in [-0.1, -0.05) is 0 Å². The molecule has 4 rings (SSSR count). The first-order valence-electron chi connectivity index (χ1n) is 9.35. The number of fused-ring (bicyclic) bond motifs is 2. The Morgan fingerprint density at radius 1 is 0.792 bits per heavy atom. The Balaban J connectivity index is 0.00000104. The molecule has 4 aliphatic carbocycles. The third-order valence-electron chi connectivity index (χ3n) is 6.52. The molecular formula is C20H29I2SiZr. The summed E-state index contributed by atoms with van der Waals surface area (Å²) in [4.78, 5) is 0. The van der Waals surface area contributed by atoms with Gasteiger partial charge in [-0.25, -0.2) is 0 Å². The van der Waals surface area contributed by atoms with Gasteiger partial charge in [0.15, 0.2) is 0 Å². The van der Waals surface area contributed by atoms with E-state index in [9.17, 15) is 0 Å². The third kappa shape index (κ3) is 4.16. The molecule has 0 aromatic carbocycles. The van der Waals surface area contributed by atoms with Gasteiger partial charge in [-0.3, -0.25) is 0 Å². The molecule has 0 radical (unpaired) electrons. The molecule has 0 amide bonds. The van der Waals surface area contributed by atoms with Crippen molar-refractivity contribution in [3.63, 3.8) is 0 Å². The average Bonchev–Trinajstić information content (AvgIpc) is 3.13. The Hall–Kier alpha value is 1.52. The predicted molar refractivity (Wildman–Crippen MR) is 95.5 cm³/mol. The maximum Gasteiger partial charge on any atom is -1.00 e. The molecule has 0 aromatic rings. The molecular weight excluding hydrogens is 613 g/mol. The molecule has 2 fully saturated rings. The summed E-state index contributed by atoms with van der Waals surface area (Å²) < 4.78 is 2.22. The van der Waals surface area contributed by atoms with Crippen molar-refractivity contribution in [1.29, 1.82) is 0 Å². The van der Waals surface area contributed by atoms with Crippen LogP contribution in [0.2, 0.25) is 20.3 Å². The van der Waals surface area contributed by atoms with Gasteiger partial charge in [0.1, 0.15) is 0 Å². The zero-order valence-electron chi connectivity index (χ0n) is 14.8. The van der Waals surface area contributed by atoms with E-state index in [1.54, 1.807) is 12.8 Å². The second kappa shape index (κ2) is 9.64. The van der Waals surface area contributed by atoms with Crippen molar-refractivity contribution in [2.75, 3.05) is 0 Å². The van der Waals surface area contributed by atoms with E-state index in [-0.39, 0.29) is 48.0 Å². The zero-order valence-corrected chi connectivity index (χ0v) is 22.8. The monoisotopic (exact) mass is 641 g/mol. The van der Waals surface area contributed by atoms with Crippen molar-refractivity contribution in [1.82, 2.24) is 0 Å². The number of halogens is 2. The van der Waals surface area contributed by atoms with Crippen LogP contribution >= 0.6 is 0 Å². The third-order valence-corrected chi connectivity index (χ3v) is 29.5.